The lowest BCUT2D eigenvalue weighted by atomic mass is 10.1. The van der Waals surface area contributed by atoms with Gasteiger partial charge in [0.05, 0.1) is 18.0 Å². The molecule has 5 heteroatoms. The van der Waals surface area contributed by atoms with Gasteiger partial charge in [0.2, 0.25) is 5.71 Å². The maximum atomic E-state index is 6.21. The Hall–Kier alpha value is -3.08. The lowest BCUT2D eigenvalue weighted by Crippen LogP contribution is -2.24. The van der Waals surface area contributed by atoms with Crippen molar-refractivity contribution in [3.8, 4) is 0 Å². The summed E-state index contributed by atoms with van der Waals surface area (Å²) in [7, 11) is 2.08. The number of benzene rings is 1. The van der Waals surface area contributed by atoms with Crippen LogP contribution < -0.4 is 9.80 Å². The first-order valence-electron chi connectivity index (χ1n) is 8.36. The summed E-state index contributed by atoms with van der Waals surface area (Å²) in [6, 6.07) is 12.5. The van der Waals surface area contributed by atoms with E-state index in [4.69, 9.17) is 4.42 Å². The molecule has 5 rings (SSSR count). The van der Waals surface area contributed by atoms with Gasteiger partial charge in [-0.25, -0.2) is 9.97 Å². The Morgan fingerprint density at radius 3 is 2.76 bits per heavy atom. The normalized spacial score (nSPS) is 13.9. The molecule has 0 saturated heterocycles. The van der Waals surface area contributed by atoms with Gasteiger partial charge in [-0.05, 0) is 43.7 Å². The molecule has 3 aromatic heterocycles. The van der Waals surface area contributed by atoms with Crippen molar-refractivity contribution in [1.82, 2.24) is 9.97 Å². The van der Waals surface area contributed by atoms with Gasteiger partial charge in [-0.1, -0.05) is 12.1 Å². The van der Waals surface area contributed by atoms with Crippen molar-refractivity contribution in [2.75, 3.05) is 23.5 Å². The molecule has 4 aromatic rings. The second-order valence-corrected chi connectivity index (χ2v) is 6.63. The van der Waals surface area contributed by atoms with E-state index >= 15 is 0 Å². The van der Waals surface area contributed by atoms with Crippen molar-refractivity contribution < 1.29 is 4.42 Å². The number of pyridine rings is 2. The summed E-state index contributed by atoms with van der Waals surface area (Å²) >= 11 is 0. The number of fused-ring (bicyclic) bond motifs is 4. The van der Waals surface area contributed by atoms with Gasteiger partial charge in [0.15, 0.2) is 11.4 Å². The van der Waals surface area contributed by atoms with E-state index in [0.29, 0.717) is 5.71 Å². The van der Waals surface area contributed by atoms with Crippen molar-refractivity contribution in [2.45, 2.75) is 13.8 Å². The van der Waals surface area contributed by atoms with Crippen LogP contribution >= 0.6 is 0 Å². The van der Waals surface area contributed by atoms with Gasteiger partial charge in [-0.15, -0.1) is 0 Å². The maximum Gasteiger partial charge on any atom is 0.227 e. The van der Waals surface area contributed by atoms with E-state index in [1.165, 1.54) is 0 Å². The van der Waals surface area contributed by atoms with E-state index < -0.39 is 0 Å². The molecule has 0 aliphatic carbocycles. The van der Waals surface area contributed by atoms with Gasteiger partial charge >= 0.3 is 0 Å². The molecular weight excluding hydrogens is 312 g/mol. The monoisotopic (exact) mass is 330 g/mol. The molecule has 0 amide bonds. The second kappa shape index (κ2) is 4.96. The Bertz CT molecular complexity index is 1130. The molecule has 0 N–H and O–H groups in total. The molecule has 1 aromatic carbocycles. The Kier molecular flexibility index (Phi) is 2.83. The van der Waals surface area contributed by atoms with Crippen LogP contribution in [0.25, 0.3) is 22.1 Å². The standard InChI is InChI=1S/C20H18N4O/c1-12-6-8-14-15-9-7-13(2)22-20(15)25-18(14)17(12)24-11-23(3)16-5-4-10-21-19(16)24/h4-10H,11H2,1-3H3. The van der Waals surface area contributed by atoms with Gasteiger partial charge < -0.3 is 14.2 Å². The molecule has 25 heavy (non-hydrogen) atoms. The first kappa shape index (κ1) is 14.3. The van der Waals surface area contributed by atoms with Gasteiger partial charge in [0.25, 0.3) is 0 Å². The summed E-state index contributed by atoms with van der Waals surface area (Å²) in [6.45, 7) is 4.84. The molecule has 124 valence electrons. The SMILES string of the molecule is Cc1ccc2c(n1)oc1c(N3CN(C)c4cccnc43)c(C)ccc12. The van der Waals surface area contributed by atoms with Crippen molar-refractivity contribution in [3.05, 3.63) is 53.9 Å². The molecule has 1 aliphatic heterocycles. The highest BCUT2D eigenvalue weighted by Crippen LogP contribution is 2.44. The lowest BCUT2D eigenvalue weighted by molar-refractivity contribution is 0.651. The van der Waals surface area contributed by atoms with Crippen LogP contribution in [0.15, 0.2) is 47.0 Å². The predicted molar refractivity (Wildman–Crippen MR) is 101 cm³/mol. The zero-order valence-electron chi connectivity index (χ0n) is 14.4. The summed E-state index contributed by atoms with van der Waals surface area (Å²) in [4.78, 5) is 13.6. The number of furan rings is 1. The maximum absolute atomic E-state index is 6.21. The van der Waals surface area contributed by atoms with Crippen molar-refractivity contribution in [2.24, 2.45) is 0 Å². The molecule has 0 bridgehead atoms. The summed E-state index contributed by atoms with van der Waals surface area (Å²) in [5, 5.41) is 2.14. The second-order valence-electron chi connectivity index (χ2n) is 6.63. The van der Waals surface area contributed by atoms with Crippen LogP contribution in [0.4, 0.5) is 17.2 Å². The van der Waals surface area contributed by atoms with Crippen molar-refractivity contribution >= 4 is 39.3 Å². The van der Waals surface area contributed by atoms with E-state index in [2.05, 4.69) is 58.0 Å². The van der Waals surface area contributed by atoms with Crippen molar-refractivity contribution in [1.29, 1.82) is 0 Å². The molecule has 0 unspecified atom stereocenters. The Morgan fingerprint density at radius 1 is 1.04 bits per heavy atom. The van der Waals surface area contributed by atoms with Crippen LogP contribution in [0.2, 0.25) is 0 Å². The number of aromatic nitrogens is 2. The number of rotatable bonds is 1. The van der Waals surface area contributed by atoms with Gasteiger partial charge in [0, 0.05) is 29.7 Å². The smallest absolute Gasteiger partial charge is 0.227 e. The first-order valence-corrected chi connectivity index (χ1v) is 8.36. The minimum Gasteiger partial charge on any atom is -0.435 e. The minimum absolute atomic E-state index is 0.690. The van der Waals surface area contributed by atoms with E-state index in [-0.39, 0.29) is 0 Å². The molecule has 5 nitrogen and oxygen atoms in total. The van der Waals surface area contributed by atoms with E-state index in [1.807, 2.05) is 25.3 Å². The molecule has 0 saturated carbocycles. The number of nitrogens with zero attached hydrogens (tertiary/aromatic N) is 4. The summed E-state index contributed by atoms with van der Waals surface area (Å²) in [5.74, 6) is 0.963. The van der Waals surface area contributed by atoms with Crippen LogP contribution in [0.1, 0.15) is 11.3 Å². The fourth-order valence-electron chi connectivity index (χ4n) is 3.66. The average Bonchev–Trinajstić information content (AvgIpc) is 3.12. The highest BCUT2D eigenvalue weighted by Gasteiger charge is 2.29. The highest BCUT2D eigenvalue weighted by atomic mass is 16.3. The number of aryl methyl sites for hydroxylation is 2. The molecule has 0 atom stereocenters. The summed E-state index contributed by atoms with van der Waals surface area (Å²) in [6.07, 6.45) is 1.84. The lowest BCUT2D eigenvalue weighted by Gasteiger charge is -2.20. The van der Waals surface area contributed by atoms with Crippen molar-refractivity contribution in [3.63, 3.8) is 0 Å². The average molecular weight is 330 g/mol. The van der Waals surface area contributed by atoms with Crippen LogP contribution in [0.5, 0.6) is 0 Å². The summed E-state index contributed by atoms with van der Waals surface area (Å²) < 4.78 is 6.21. The first-order chi connectivity index (χ1) is 12.1. The molecule has 1 aliphatic rings. The third kappa shape index (κ3) is 1.95. The largest absolute Gasteiger partial charge is 0.435 e. The fourth-order valence-corrected chi connectivity index (χ4v) is 3.66. The molecule has 0 fully saturated rings. The number of anilines is 3. The summed E-state index contributed by atoms with van der Waals surface area (Å²) in [5.41, 5.74) is 5.88. The van der Waals surface area contributed by atoms with Crippen LogP contribution in [-0.2, 0) is 0 Å². The quantitative estimate of drug-likeness (QED) is 0.513. The van der Waals surface area contributed by atoms with Crippen LogP contribution in [-0.4, -0.2) is 23.7 Å². The van der Waals surface area contributed by atoms with Crippen LogP contribution in [0.3, 0.4) is 0 Å². The number of hydrogen-bond acceptors (Lipinski definition) is 5. The molecular formula is C20H18N4O. The van der Waals surface area contributed by atoms with Crippen LogP contribution in [0, 0.1) is 13.8 Å². The Morgan fingerprint density at radius 2 is 1.88 bits per heavy atom. The van der Waals surface area contributed by atoms with Gasteiger partial charge in [0.1, 0.15) is 0 Å². The number of hydrogen-bond donors (Lipinski definition) is 0. The molecule has 0 spiro atoms. The zero-order chi connectivity index (χ0) is 17.1. The van der Waals surface area contributed by atoms with E-state index in [9.17, 15) is 0 Å². The van der Waals surface area contributed by atoms with E-state index in [1.54, 1.807) is 0 Å². The third-order valence-electron chi connectivity index (χ3n) is 4.88. The van der Waals surface area contributed by atoms with Gasteiger partial charge in [-0.3, -0.25) is 0 Å². The predicted octanol–water partition coefficient (Wildman–Crippen LogP) is 4.54. The zero-order valence-corrected chi connectivity index (χ0v) is 14.4. The third-order valence-corrected chi connectivity index (χ3v) is 4.88. The highest BCUT2D eigenvalue weighted by molar-refractivity contribution is 6.09. The molecule has 4 heterocycles. The van der Waals surface area contributed by atoms with E-state index in [0.717, 1.165) is 51.5 Å². The Balaban J connectivity index is 1.82. The fraction of sp³-hybridized carbons (Fsp3) is 0.200. The Labute approximate surface area is 145 Å². The van der Waals surface area contributed by atoms with Gasteiger partial charge in [-0.2, -0.15) is 0 Å². The molecule has 0 radical (unpaired) electrons. The topological polar surface area (TPSA) is 45.4 Å². The minimum atomic E-state index is 0.690.